The molecule has 1 aromatic rings. The second kappa shape index (κ2) is 6.37. The normalized spacial score (nSPS) is 17.6. The van der Waals surface area contributed by atoms with E-state index in [4.69, 9.17) is 10.5 Å². The SMILES string of the molecule is C=C[C@H](c1ccc(OC)cc1)C(C(=O)N=CN)C1CC1. The van der Waals surface area contributed by atoms with Crippen molar-refractivity contribution in [1.29, 1.82) is 0 Å². The highest BCUT2D eigenvalue weighted by molar-refractivity contribution is 5.87. The van der Waals surface area contributed by atoms with Crippen molar-refractivity contribution in [3.05, 3.63) is 42.5 Å². The summed E-state index contributed by atoms with van der Waals surface area (Å²) in [6.07, 6.45) is 5.04. The van der Waals surface area contributed by atoms with Gasteiger partial charge in [0.15, 0.2) is 0 Å². The third-order valence-electron chi connectivity index (χ3n) is 3.76. The van der Waals surface area contributed by atoms with Gasteiger partial charge < -0.3 is 10.5 Å². The predicted molar refractivity (Wildman–Crippen MR) is 79.8 cm³/mol. The van der Waals surface area contributed by atoms with E-state index in [9.17, 15) is 4.79 Å². The van der Waals surface area contributed by atoms with Crippen molar-refractivity contribution in [2.24, 2.45) is 22.6 Å². The highest BCUT2D eigenvalue weighted by Gasteiger charge is 2.40. The number of hydrogen-bond donors (Lipinski definition) is 1. The first-order valence-corrected chi connectivity index (χ1v) is 6.76. The van der Waals surface area contributed by atoms with Crippen LogP contribution in [0.3, 0.4) is 0 Å². The van der Waals surface area contributed by atoms with E-state index in [2.05, 4.69) is 11.6 Å². The number of rotatable bonds is 6. The molecule has 20 heavy (non-hydrogen) atoms. The van der Waals surface area contributed by atoms with Crippen molar-refractivity contribution in [2.75, 3.05) is 7.11 Å². The molecule has 2 N–H and O–H groups in total. The minimum Gasteiger partial charge on any atom is -0.497 e. The Morgan fingerprint density at radius 1 is 1.45 bits per heavy atom. The van der Waals surface area contributed by atoms with Gasteiger partial charge in [0, 0.05) is 5.92 Å². The summed E-state index contributed by atoms with van der Waals surface area (Å²) in [7, 11) is 1.63. The first-order valence-electron chi connectivity index (χ1n) is 6.76. The number of nitrogens with two attached hydrogens (primary N) is 1. The minimum absolute atomic E-state index is 0.0374. The molecule has 1 fully saturated rings. The maximum atomic E-state index is 12.2. The zero-order valence-electron chi connectivity index (χ0n) is 11.7. The van der Waals surface area contributed by atoms with E-state index in [-0.39, 0.29) is 17.7 Å². The lowest BCUT2D eigenvalue weighted by Gasteiger charge is -2.22. The second-order valence-electron chi connectivity index (χ2n) is 5.01. The summed E-state index contributed by atoms with van der Waals surface area (Å²) < 4.78 is 5.16. The van der Waals surface area contributed by atoms with Gasteiger partial charge in [-0.2, -0.15) is 0 Å². The molecule has 106 valence electrons. The smallest absolute Gasteiger partial charge is 0.251 e. The van der Waals surface area contributed by atoms with E-state index >= 15 is 0 Å². The molecule has 1 unspecified atom stereocenters. The van der Waals surface area contributed by atoms with Crippen molar-refractivity contribution < 1.29 is 9.53 Å². The molecule has 0 aliphatic heterocycles. The van der Waals surface area contributed by atoms with Gasteiger partial charge in [-0.15, -0.1) is 6.58 Å². The van der Waals surface area contributed by atoms with Gasteiger partial charge >= 0.3 is 0 Å². The summed E-state index contributed by atoms with van der Waals surface area (Å²) >= 11 is 0. The third kappa shape index (κ3) is 3.07. The molecule has 4 nitrogen and oxygen atoms in total. The van der Waals surface area contributed by atoms with E-state index in [0.717, 1.165) is 30.5 Å². The summed E-state index contributed by atoms with van der Waals surface area (Å²) in [5, 5.41) is 0. The molecular weight excluding hydrogens is 252 g/mol. The first kappa shape index (κ1) is 14.3. The zero-order valence-corrected chi connectivity index (χ0v) is 11.7. The van der Waals surface area contributed by atoms with Gasteiger partial charge in [0.05, 0.1) is 19.4 Å². The van der Waals surface area contributed by atoms with E-state index in [1.54, 1.807) is 7.11 Å². The van der Waals surface area contributed by atoms with Crippen LogP contribution in [-0.2, 0) is 4.79 Å². The lowest BCUT2D eigenvalue weighted by molar-refractivity contribution is -0.122. The number of allylic oxidation sites excluding steroid dienone is 1. The summed E-state index contributed by atoms with van der Waals surface area (Å²) in [4.78, 5) is 15.9. The standard InChI is InChI=1S/C16H20N2O2/c1-3-14(11-6-8-13(20-2)9-7-11)15(12-4-5-12)16(19)18-10-17/h3,6-10,12,14-15H,1,4-5H2,2H3,(H2,17,18,19)/t14-,15?/m1/s1. The monoisotopic (exact) mass is 272 g/mol. The average Bonchev–Trinajstić information content (AvgIpc) is 3.29. The van der Waals surface area contributed by atoms with Crippen LogP contribution in [0.1, 0.15) is 24.3 Å². The summed E-state index contributed by atoms with van der Waals surface area (Å²) in [5.74, 6) is 0.822. The van der Waals surface area contributed by atoms with Gasteiger partial charge in [-0.25, -0.2) is 4.99 Å². The van der Waals surface area contributed by atoms with Gasteiger partial charge in [0.25, 0.3) is 5.91 Å². The van der Waals surface area contributed by atoms with Crippen LogP contribution in [0.15, 0.2) is 41.9 Å². The van der Waals surface area contributed by atoms with Gasteiger partial charge in [0.1, 0.15) is 5.75 Å². The third-order valence-corrected chi connectivity index (χ3v) is 3.76. The van der Waals surface area contributed by atoms with Crippen LogP contribution in [-0.4, -0.2) is 19.4 Å². The Morgan fingerprint density at radius 3 is 2.55 bits per heavy atom. The summed E-state index contributed by atoms with van der Waals surface area (Å²) in [5.41, 5.74) is 6.31. The molecule has 1 aromatic carbocycles. The van der Waals surface area contributed by atoms with Gasteiger partial charge in [-0.05, 0) is 36.5 Å². The number of carbonyl (C=O) groups excluding carboxylic acids is 1. The van der Waals surface area contributed by atoms with E-state index in [1.807, 2.05) is 30.3 Å². The number of carbonyl (C=O) groups is 1. The Labute approximate surface area is 119 Å². The van der Waals surface area contributed by atoms with Crippen LogP contribution >= 0.6 is 0 Å². The number of nitrogens with zero attached hydrogens (tertiary/aromatic N) is 1. The lowest BCUT2D eigenvalue weighted by Crippen LogP contribution is -2.22. The van der Waals surface area contributed by atoms with Crippen LogP contribution < -0.4 is 10.5 Å². The Kier molecular flexibility index (Phi) is 4.56. The van der Waals surface area contributed by atoms with Crippen molar-refractivity contribution in [2.45, 2.75) is 18.8 Å². The molecule has 2 atom stereocenters. The van der Waals surface area contributed by atoms with Gasteiger partial charge in [-0.1, -0.05) is 18.2 Å². The minimum atomic E-state index is -0.166. The maximum absolute atomic E-state index is 12.2. The molecule has 4 heteroatoms. The van der Waals surface area contributed by atoms with Crippen LogP contribution in [0.5, 0.6) is 5.75 Å². The molecule has 0 aromatic heterocycles. The Hall–Kier alpha value is -2.10. The fourth-order valence-corrected chi connectivity index (χ4v) is 2.58. The Balaban J connectivity index is 2.27. The molecule has 0 bridgehead atoms. The lowest BCUT2D eigenvalue weighted by atomic mass is 9.82. The van der Waals surface area contributed by atoms with Crippen molar-refractivity contribution in [3.8, 4) is 5.75 Å². The van der Waals surface area contributed by atoms with Crippen LogP contribution in [0.4, 0.5) is 0 Å². The maximum Gasteiger partial charge on any atom is 0.251 e. The van der Waals surface area contributed by atoms with E-state index < -0.39 is 0 Å². The highest BCUT2D eigenvalue weighted by atomic mass is 16.5. The topological polar surface area (TPSA) is 64.7 Å². The fourth-order valence-electron chi connectivity index (χ4n) is 2.58. The number of amides is 1. The number of hydrogen-bond acceptors (Lipinski definition) is 2. The average molecular weight is 272 g/mol. The number of benzene rings is 1. The summed E-state index contributed by atoms with van der Waals surface area (Å²) in [6, 6.07) is 7.74. The quantitative estimate of drug-likeness (QED) is 0.491. The Bertz CT molecular complexity index is 504. The van der Waals surface area contributed by atoms with Gasteiger partial charge in [0.2, 0.25) is 0 Å². The number of methoxy groups -OCH3 is 1. The van der Waals surface area contributed by atoms with Crippen molar-refractivity contribution in [3.63, 3.8) is 0 Å². The van der Waals surface area contributed by atoms with Crippen LogP contribution in [0.2, 0.25) is 0 Å². The van der Waals surface area contributed by atoms with Gasteiger partial charge in [-0.3, -0.25) is 4.79 Å². The van der Waals surface area contributed by atoms with Crippen molar-refractivity contribution in [1.82, 2.24) is 0 Å². The Morgan fingerprint density at radius 2 is 2.10 bits per heavy atom. The van der Waals surface area contributed by atoms with E-state index in [0.29, 0.717) is 5.92 Å². The van der Waals surface area contributed by atoms with E-state index in [1.165, 1.54) is 0 Å². The molecule has 1 amide bonds. The second-order valence-corrected chi connectivity index (χ2v) is 5.01. The highest BCUT2D eigenvalue weighted by Crippen LogP contribution is 2.45. The zero-order chi connectivity index (χ0) is 14.5. The molecule has 1 saturated carbocycles. The first-order chi connectivity index (χ1) is 9.71. The molecular formula is C16H20N2O2. The van der Waals surface area contributed by atoms with Crippen LogP contribution in [0, 0.1) is 11.8 Å². The number of aliphatic imine (C=N–C) groups is 1. The predicted octanol–water partition coefficient (Wildman–Crippen LogP) is 2.50. The molecule has 1 aliphatic carbocycles. The molecule has 0 heterocycles. The molecule has 0 radical (unpaired) electrons. The molecule has 1 aliphatic rings. The molecule has 2 rings (SSSR count). The van der Waals surface area contributed by atoms with Crippen molar-refractivity contribution >= 4 is 12.2 Å². The molecule has 0 saturated heterocycles. The molecule has 0 spiro atoms. The number of ether oxygens (including phenoxy) is 1. The largest absolute Gasteiger partial charge is 0.497 e. The van der Waals surface area contributed by atoms with Crippen LogP contribution in [0.25, 0.3) is 0 Å². The summed E-state index contributed by atoms with van der Waals surface area (Å²) in [6.45, 7) is 3.89. The fraction of sp³-hybridized carbons (Fsp3) is 0.375.